The zero-order chi connectivity index (χ0) is 13.4. The molecule has 0 atom stereocenters. The summed E-state index contributed by atoms with van der Waals surface area (Å²) in [6.45, 7) is 2.64. The van der Waals surface area contributed by atoms with E-state index in [1.807, 2.05) is 20.0 Å². The van der Waals surface area contributed by atoms with E-state index >= 15 is 0 Å². The van der Waals surface area contributed by atoms with Crippen molar-refractivity contribution in [1.29, 1.82) is 0 Å². The molecule has 0 aliphatic rings. The summed E-state index contributed by atoms with van der Waals surface area (Å²) in [6.07, 6.45) is 2.53. The van der Waals surface area contributed by atoms with Crippen LogP contribution in [0.3, 0.4) is 0 Å². The highest BCUT2D eigenvalue weighted by Gasteiger charge is 2.14. The van der Waals surface area contributed by atoms with E-state index in [1.54, 1.807) is 6.33 Å². The lowest BCUT2D eigenvalue weighted by molar-refractivity contribution is 0.778. The van der Waals surface area contributed by atoms with Gasteiger partial charge in [0.2, 0.25) is 0 Å². The minimum Gasteiger partial charge on any atom is -0.345 e. The maximum absolute atomic E-state index is 5.70. The number of imidazole rings is 2. The number of aromatic amines is 1. The van der Waals surface area contributed by atoms with Gasteiger partial charge in [-0.3, -0.25) is 0 Å². The van der Waals surface area contributed by atoms with Crippen LogP contribution in [0.25, 0.3) is 22.3 Å². The van der Waals surface area contributed by atoms with Crippen molar-refractivity contribution in [2.45, 2.75) is 13.3 Å². The zero-order valence-electron chi connectivity index (χ0n) is 11.1. The van der Waals surface area contributed by atoms with E-state index in [9.17, 15) is 0 Å². The molecule has 3 aromatic rings. The quantitative estimate of drug-likeness (QED) is 0.749. The van der Waals surface area contributed by atoms with E-state index in [4.69, 9.17) is 5.73 Å². The Morgan fingerprint density at radius 2 is 2.21 bits per heavy atom. The lowest BCUT2D eigenvalue weighted by Gasteiger charge is -2.05. The predicted molar refractivity (Wildman–Crippen MR) is 75.8 cm³/mol. The van der Waals surface area contributed by atoms with Crippen molar-refractivity contribution in [3.63, 3.8) is 0 Å². The van der Waals surface area contributed by atoms with Crippen LogP contribution < -0.4 is 5.73 Å². The number of rotatable bonds is 3. The lowest BCUT2D eigenvalue weighted by atomic mass is 10.1. The molecule has 2 heterocycles. The Morgan fingerprint density at radius 3 is 3.00 bits per heavy atom. The number of aryl methyl sites for hydroxylation is 1. The van der Waals surface area contributed by atoms with Crippen LogP contribution in [0, 0.1) is 6.92 Å². The van der Waals surface area contributed by atoms with E-state index in [2.05, 4.69) is 31.7 Å². The van der Waals surface area contributed by atoms with Crippen LogP contribution in [-0.4, -0.2) is 26.1 Å². The molecule has 0 radical (unpaired) electrons. The van der Waals surface area contributed by atoms with Gasteiger partial charge < -0.3 is 15.3 Å². The van der Waals surface area contributed by atoms with Crippen molar-refractivity contribution >= 4 is 11.0 Å². The Kier molecular flexibility index (Phi) is 2.83. The smallest absolute Gasteiger partial charge is 0.106 e. The van der Waals surface area contributed by atoms with Crippen LogP contribution in [0.15, 0.2) is 24.5 Å². The molecule has 0 amide bonds. The van der Waals surface area contributed by atoms with E-state index in [0.29, 0.717) is 6.54 Å². The van der Waals surface area contributed by atoms with Crippen LogP contribution in [0.1, 0.15) is 11.5 Å². The molecule has 2 aromatic heterocycles. The summed E-state index contributed by atoms with van der Waals surface area (Å²) in [5.74, 6) is 1.00. The highest BCUT2D eigenvalue weighted by Crippen LogP contribution is 2.26. The first-order chi connectivity index (χ1) is 9.20. The SMILES string of the molecule is Cc1nc(-c2ccc3nc[nH]c3c2)c(CCN)n1C. The molecule has 0 spiro atoms. The molecule has 98 valence electrons. The average molecular weight is 255 g/mol. The fourth-order valence-corrected chi connectivity index (χ4v) is 2.39. The molecule has 0 aliphatic heterocycles. The van der Waals surface area contributed by atoms with E-state index < -0.39 is 0 Å². The molecule has 3 N–H and O–H groups in total. The molecule has 0 aliphatic carbocycles. The monoisotopic (exact) mass is 255 g/mol. The number of hydrogen-bond acceptors (Lipinski definition) is 3. The van der Waals surface area contributed by atoms with Gasteiger partial charge in [0.1, 0.15) is 5.82 Å². The van der Waals surface area contributed by atoms with E-state index in [1.165, 1.54) is 5.69 Å². The summed E-state index contributed by atoms with van der Waals surface area (Å²) in [4.78, 5) is 12.0. The molecule has 1 aromatic carbocycles. The average Bonchev–Trinajstić information content (AvgIpc) is 2.98. The largest absolute Gasteiger partial charge is 0.345 e. The first kappa shape index (κ1) is 11.9. The molecular weight excluding hydrogens is 238 g/mol. The number of benzene rings is 1. The molecule has 0 unspecified atom stereocenters. The van der Waals surface area contributed by atoms with Gasteiger partial charge in [-0.1, -0.05) is 6.07 Å². The first-order valence-electron chi connectivity index (χ1n) is 6.36. The summed E-state index contributed by atoms with van der Waals surface area (Å²) in [5.41, 5.74) is 11.0. The third kappa shape index (κ3) is 1.92. The molecule has 0 saturated carbocycles. The minimum atomic E-state index is 0.623. The fraction of sp³-hybridized carbons (Fsp3) is 0.286. The van der Waals surface area contributed by atoms with Crippen molar-refractivity contribution in [3.8, 4) is 11.3 Å². The van der Waals surface area contributed by atoms with Crippen molar-refractivity contribution in [2.75, 3.05) is 6.54 Å². The van der Waals surface area contributed by atoms with Crippen LogP contribution in [0.5, 0.6) is 0 Å². The lowest BCUT2D eigenvalue weighted by Crippen LogP contribution is -2.08. The summed E-state index contributed by atoms with van der Waals surface area (Å²) >= 11 is 0. The second-order valence-corrected chi connectivity index (χ2v) is 4.69. The Labute approximate surface area is 111 Å². The second kappa shape index (κ2) is 4.51. The topological polar surface area (TPSA) is 72.5 Å². The summed E-state index contributed by atoms with van der Waals surface area (Å²) < 4.78 is 2.11. The molecule has 3 rings (SSSR count). The van der Waals surface area contributed by atoms with E-state index in [-0.39, 0.29) is 0 Å². The van der Waals surface area contributed by atoms with Crippen LogP contribution in [-0.2, 0) is 13.5 Å². The molecule has 0 bridgehead atoms. The Morgan fingerprint density at radius 1 is 1.37 bits per heavy atom. The molecule has 0 saturated heterocycles. The number of hydrogen-bond donors (Lipinski definition) is 2. The second-order valence-electron chi connectivity index (χ2n) is 4.69. The van der Waals surface area contributed by atoms with Gasteiger partial charge in [-0.05, 0) is 25.6 Å². The molecular formula is C14H17N5. The number of H-pyrrole nitrogens is 1. The maximum Gasteiger partial charge on any atom is 0.106 e. The minimum absolute atomic E-state index is 0.623. The summed E-state index contributed by atoms with van der Waals surface area (Å²) in [7, 11) is 2.03. The fourth-order valence-electron chi connectivity index (χ4n) is 2.39. The van der Waals surface area contributed by atoms with Crippen molar-refractivity contribution in [3.05, 3.63) is 36.0 Å². The maximum atomic E-state index is 5.70. The molecule has 19 heavy (non-hydrogen) atoms. The highest BCUT2D eigenvalue weighted by molar-refractivity contribution is 5.81. The summed E-state index contributed by atoms with van der Waals surface area (Å²) in [5, 5.41) is 0. The molecule has 5 nitrogen and oxygen atoms in total. The van der Waals surface area contributed by atoms with Gasteiger partial charge in [-0.15, -0.1) is 0 Å². The number of nitrogens with one attached hydrogen (secondary N) is 1. The normalized spacial score (nSPS) is 11.3. The van der Waals surface area contributed by atoms with Crippen LogP contribution in [0.2, 0.25) is 0 Å². The van der Waals surface area contributed by atoms with Crippen LogP contribution >= 0.6 is 0 Å². The number of nitrogens with zero attached hydrogens (tertiary/aromatic N) is 3. The zero-order valence-corrected chi connectivity index (χ0v) is 11.1. The van der Waals surface area contributed by atoms with Gasteiger partial charge in [-0.2, -0.15) is 0 Å². The Hall–Kier alpha value is -2.14. The highest BCUT2D eigenvalue weighted by atomic mass is 15.1. The number of aromatic nitrogens is 4. The predicted octanol–water partition coefficient (Wildman–Crippen LogP) is 1.77. The third-order valence-corrected chi connectivity index (χ3v) is 3.51. The first-order valence-corrected chi connectivity index (χ1v) is 6.36. The number of nitrogens with two attached hydrogens (primary N) is 1. The number of fused-ring (bicyclic) bond motifs is 1. The van der Waals surface area contributed by atoms with Gasteiger partial charge >= 0.3 is 0 Å². The van der Waals surface area contributed by atoms with Gasteiger partial charge in [0.25, 0.3) is 0 Å². The van der Waals surface area contributed by atoms with Gasteiger partial charge in [0, 0.05) is 24.7 Å². The van der Waals surface area contributed by atoms with Crippen molar-refractivity contribution in [1.82, 2.24) is 19.5 Å². The molecule has 5 heteroatoms. The Balaban J connectivity index is 2.17. The van der Waals surface area contributed by atoms with Gasteiger partial charge in [0.15, 0.2) is 0 Å². The molecule has 0 fully saturated rings. The van der Waals surface area contributed by atoms with Gasteiger partial charge in [-0.25, -0.2) is 9.97 Å². The standard InChI is InChI=1S/C14H17N5/c1-9-18-14(13(5-6-15)19(9)2)10-3-4-11-12(7-10)17-8-16-11/h3-4,7-8H,5-6,15H2,1-2H3,(H,16,17). The third-order valence-electron chi connectivity index (χ3n) is 3.51. The summed E-state index contributed by atoms with van der Waals surface area (Å²) in [6, 6.07) is 6.16. The van der Waals surface area contributed by atoms with Gasteiger partial charge in [0.05, 0.1) is 23.1 Å². The van der Waals surface area contributed by atoms with Crippen LogP contribution in [0.4, 0.5) is 0 Å². The van der Waals surface area contributed by atoms with E-state index in [0.717, 1.165) is 34.5 Å². The van der Waals surface area contributed by atoms with Crippen molar-refractivity contribution in [2.24, 2.45) is 12.8 Å². The Bertz CT molecular complexity index is 723. The van der Waals surface area contributed by atoms with Crippen molar-refractivity contribution < 1.29 is 0 Å².